The van der Waals surface area contributed by atoms with Crippen LogP contribution in [0.15, 0.2) is 22.7 Å². The maximum absolute atomic E-state index is 3.54. The molecule has 0 bridgehead atoms. The Labute approximate surface area is 87.7 Å². The molecule has 1 aliphatic rings. The predicted molar refractivity (Wildman–Crippen MR) is 60.1 cm³/mol. The standard InChI is InChI=1S/C11H14BrN/c1-8-5-6-10(7-11(8)12)13-9-3-2-4-9/h5-7,9,13H,2-4H2,1H3. The molecule has 2 heteroatoms. The smallest absolute Gasteiger partial charge is 0.0353 e. The van der Waals surface area contributed by atoms with Gasteiger partial charge < -0.3 is 5.32 Å². The predicted octanol–water partition coefficient (Wildman–Crippen LogP) is 3.72. The first kappa shape index (κ1) is 9.07. The molecule has 1 aliphatic carbocycles. The lowest BCUT2D eigenvalue weighted by Gasteiger charge is -2.27. The zero-order valence-electron chi connectivity index (χ0n) is 7.81. The minimum absolute atomic E-state index is 0.717. The van der Waals surface area contributed by atoms with E-state index in [9.17, 15) is 0 Å². The van der Waals surface area contributed by atoms with Crippen LogP contribution in [0.3, 0.4) is 0 Å². The zero-order chi connectivity index (χ0) is 9.26. The molecule has 0 radical (unpaired) electrons. The molecule has 1 fully saturated rings. The highest BCUT2D eigenvalue weighted by molar-refractivity contribution is 9.10. The van der Waals surface area contributed by atoms with E-state index in [1.165, 1.54) is 35.0 Å². The van der Waals surface area contributed by atoms with E-state index < -0.39 is 0 Å². The molecule has 1 aromatic carbocycles. The van der Waals surface area contributed by atoms with Gasteiger partial charge in [0.1, 0.15) is 0 Å². The summed E-state index contributed by atoms with van der Waals surface area (Å²) in [5.41, 5.74) is 2.53. The highest BCUT2D eigenvalue weighted by Crippen LogP contribution is 2.26. The van der Waals surface area contributed by atoms with Crippen LogP contribution in [0.5, 0.6) is 0 Å². The summed E-state index contributed by atoms with van der Waals surface area (Å²) in [6, 6.07) is 7.17. The summed E-state index contributed by atoms with van der Waals surface area (Å²) in [5, 5.41) is 3.52. The normalized spacial score (nSPS) is 16.8. The van der Waals surface area contributed by atoms with Crippen molar-refractivity contribution in [1.82, 2.24) is 0 Å². The molecule has 0 spiro atoms. The van der Waals surface area contributed by atoms with Gasteiger partial charge in [0.25, 0.3) is 0 Å². The summed E-state index contributed by atoms with van der Waals surface area (Å²) in [5.74, 6) is 0. The average Bonchev–Trinajstić information content (AvgIpc) is 2.04. The first-order chi connectivity index (χ1) is 6.25. The molecule has 0 atom stereocenters. The highest BCUT2D eigenvalue weighted by Gasteiger charge is 2.16. The Bertz CT molecular complexity index is 305. The van der Waals surface area contributed by atoms with Gasteiger partial charge in [-0.05, 0) is 43.9 Å². The quantitative estimate of drug-likeness (QED) is 0.830. The molecule has 1 N–H and O–H groups in total. The molecule has 2 rings (SSSR count). The Morgan fingerprint density at radius 3 is 2.69 bits per heavy atom. The Morgan fingerprint density at radius 1 is 1.38 bits per heavy atom. The number of halogens is 1. The largest absolute Gasteiger partial charge is 0.382 e. The summed E-state index contributed by atoms with van der Waals surface area (Å²) in [6.45, 7) is 2.11. The van der Waals surface area contributed by atoms with Crippen LogP contribution in [0, 0.1) is 6.92 Å². The molecular weight excluding hydrogens is 226 g/mol. The second-order valence-corrected chi connectivity index (χ2v) is 4.59. The third-order valence-electron chi connectivity index (χ3n) is 2.65. The fourth-order valence-corrected chi connectivity index (χ4v) is 1.85. The van der Waals surface area contributed by atoms with E-state index in [4.69, 9.17) is 0 Å². The van der Waals surface area contributed by atoms with Crippen molar-refractivity contribution in [2.75, 3.05) is 5.32 Å². The van der Waals surface area contributed by atoms with Crippen molar-refractivity contribution >= 4 is 21.6 Å². The number of nitrogens with one attached hydrogen (secondary N) is 1. The molecule has 1 nitrogen and oxygen atoms in total. The summed E-state index contributed by atoms with van der Waals surface area (Å²) >= 11 is 3.54. The topological polar surface area (TPSA) is 12.0 Å². The van der Waals surface area contributed by atoms with E-state index >= 15 is 0 Å². The van der Waals surface area contributed by atoms with E-state index in [-0.39, 0.29) is 0 Å². The van der Waals surface area contributed by atoms with E-state index in [0.717, 1.165) is 6.04 Å². The Hall–Kier alpha value is -0.500. The first-order valence-electron chi connectivity index (χ1n) is 4.78. The highest BCUT2D eigenvalue weighted by atomic mass is 79.9. The number of aryl methyl sites for hydroxylation is 1. The lowest BCUT2D eigenvalue weighted by molar-refractivity contribution is 0.445. The van der Waals surface area contributed by atoms with E-state index in [0.29, 0.717) is 0 Å². The van der Waals surface area contributed by atoms with Gasteiger partial charge in [0, 0.05) is 16.2 Å². The lowest BCUT2D eigenvalue weighted by Crippen LogP contribution is -2.26. The van der Waals surface area contributed by atoms with E-state index in [1.54, 1.807) is 0 Å². The maximum atomic E-state index is 3.54. The van der Waals surface area contributed by atoms with Gasteiger partial charge in [-0.2, -0.15) is 0 Å². The Balaban J connectivity index is 2.07. The average molecular weight is 240 g/mol. The molecule has 13 heavy (non-hydrogen) atoms. The molecule has 70 valence electrons. The number of hydrogen-bond acceptors (Lipinski definition) is 1. The van der Waals surface area contributed by atoms with Crippen molar-refractivity contribution in [3.63, 3.8) is 0 Å². The van der Waals surface area contributed by atoms with Gasteiger partial charge in [0.2, 0.25) is 0 Å². The van der Waals surface area contributed by atoms with Gasteiger partial charge in [-0.25, -0.2) is 0 Å². The number of rotatable bonds is 2. The van der Waals surface area contributed by atoms with Crippen LogP contribution in [-0.4, -0.2) is 6.04 Å². The van der Waals surface area contributed by atoms with Crippen LogP contribution in [0.25, 0.3) is 0 Å². The number of hydrogen-bond donors (Lipinski definition) is 1. The summed E-state index contributed by atoms with van der Waals surface area (Å²) < 4.78 is 1.19. The van der Waals surface area contributed by atoms with Crippen LogP contribution in [-0.2, 0) is 0 Å². The summed E-state index contributed by atoms with van der Waals surface area (Å²) in [4.78, 5) is 0. The van der Waals surface area contributed by atoms with Gasteiger partial charge >= 0.3 is 0 Å². The van der Waals surface area contributed by atoms with E-state index in [1.807, 2.05) is 0 Å². The third-order valence-corrected chi connectivity index (χ3v) is 3.50. The van der Waals surface area contributed by atoms with Crippen LogP contribution >= 0.6 is 15.9 Å². The molecule has 0 saturated heterocycles. The monoisotopic (exact) mass is 239 g/mol. The van der Waals surface area contributed by atoms with Gasteiger partial charge in [-0.15, -0.1) is 0 Å². The minimum Gasteiger partial charge on any atom is -0.382 e. The molecule has 0 unspecified atom stereocenters. The molecule has 0 amide bonds. The minimum atomic E-state index is 0.717. The lowest BCUT2D eigenvalue weighted by atomic mass is 9.93. The molecule has 1 saturated carbocycles. The molecule has 0 aromatic heterocycles. The molecular formula is C11H14BrN. The fraction of sp³-hybridized carbons (Fsp3) is 0.455. The van der Waals surface area contributed by atoms with Crippen LogP contribution in [0.1, 0.15) is 24.8 Å². The Morgan fingerprint density at radius 2 is 2.15 bits per heavy atom. The Kier molecular flexibility index (Phi) is 2.58. The van der Waals surface area contributed by atoms with Crippen molar-refractivity contribution in [2.24, 2.45) is 0 Å². The molecule has 1 aromatic rings. The second kappa shape index (κ2) is 3.70. The zero-order valence-corrected chi connectivity index (χ0v) is 9.39. The van der Waals surface area contributed by atoms with Crippen LogP contribution < -0.4 is 5.32 Å². The summed E-state index contributed by atoms with van der Waals surface area (Å²) in [7, 11) is 0. The van der Waals surface area contributed by atoms with Crippen molar-refractivity contribution in [3.05, 3.63) is 28.2 Å². The maximum Gasteiger partial charge on any atom is 0.0353 e. The second-order valence-electron chi connectivity index (χ2n) is 3.74. The SMILES string of the molecule is Cc1ccc(NC2CCC2)cc1Br. The van der Waals surface area contributed by atoms with Gasteiger partial charge in [0.05, 0.1) is 0 Å². The van der Waals surface area contributed by atoms with Crippen molar-refractivity contribution in [1.29, 1.82) is 0 Å². The van der Waals surface area contributed by atoms with Gasteiger partial charge in [-0.1, -0.05) is 22.0 Å². The first-order valence-corrected chi connectivity index (χ1v) is 5.58. The molecule has 0 aliphatic heterocycles. The van der Waals surface area contributed by atoms with E-state index in [2.05, 4.69) is 46.4 Å². The summed E-state index contributed by atoms with van der Waals surface area (Å²) in [6.07, 6.45) is 4.03. The molecule has 0 heterocycles. The fourth-order valence-electron chi connectivity index (χ4n) is 1.47. The van der Waals surface area contributed by atoms with Crippen molar-refractivity contribution < 1.29 is 0 Å². The van der Waals surface area contributed by atoms with Crippen LogP contribution in [0.4, 0.5) is 5.69 Å². The van der Waals surface area contributed by atoms with Crippen molar-refractivity contribution in [3.8, 4) is 0 Å². The van der Waals surface area contributed by atoms with Gasteiger partial charge in [0.15, 0.2) is 0 Å². The third kappa shape index (κ3) is 2.05. The van der Waals surface area contributed by atoms with Crippen LogP contribution in [0.2, 0.25) is 0 Å². The van der Waals surface area contributed by atoms with Gasteiger partial charge in [-0.3, -0.25) is 0 Å². The van der Waals surface area contributed by atoms with Crippen molar-refractivity contribution in [2.45, 2.75) is 32.2 Å². The number of anilines is 1. The number of benzene rings is 1.